The molecule has 0 aliphatic rings. The van der Waals surface area contributed by atoms with Gasteiger partial charge in [-0.05, 0) is 35.1 Å². The monoisotopic (exact) mass is 312 g/mol. The normalized spacial score (nSPS) is 13.4. The van der Waals surface area contributed by atoms with Crippen LogP contribution in [0.25, 0.3) is 10.9 Å². The summed E-state index contributed by atoms with van der Waals surface area (Å²) in [5, 5.41) is 9.40. The van der Waals surface area contributed by atoms with Crippen molar-refractivity contribution < 1.29 is 8.81 Å². The summed E-state index contributed by atoms with van der Waals surface area (Å²) in [6.07, 6.45) is 3.59. The van der Waals surface area contributed by atoms with Crippen LogP contribution in [0.1, 0.15) is 50.5 Å². The van der Waals surface area contributed by atoms with Crippen molar-refractivity contribution in [3.63, 3.8) is 0 Å². The number of rotatable bonds is 3. The molecule has 0 fully saturated rings. The fourth-order valence-electron chi connectivity index (χ4n) is 2.78. The molecule has 0 spiro atoms. The second kappa shape index (κ2) is 5.76. The molecule has 2 aromatic heterocycles. The fourth-order valence-corrected chi connectivity index (χ4v) is 2.78. The van der Waals surface area contributed by atoms with E-state index in [9.17, 15) is 4.39 Å². The summed E-state index contributed by atoms with van der Waals surface area (Å²) in [7, 11) is 0. The van der Waals surface area contributed by atoms with Gasteiger partial charge in [0.2, 0.25) is 0 Å². The number of fused-ring (bicyclic) bond motifs is 1. The predicted molar refractivity (Wildman–Crippen MR) is 89.0 cm³/mol. The number of halogens is 1. The van der Waals surface area contributed by atoms with Crippen LogP contribution in [0, 0.1) is 5.82 Å². The first-order valence-corrected chi connectivity index (χ1v) is 7.83. The van der Waals surface area contributed by atoms with Crippen molar-refractivity contribution in [1.82, 2.24) is 10.2 Å². The number of hydrogen-bond donors (Lipinski definition) is 0. The minimum Gasteiger partial charge on any atom is -0.466 e. The lowest BCUT2D eigenvalue weighted by atomic mass is 9.84. The summed E-state index contributed by atoms with van der Waals surface area (Å²) in [6.45, 7) is 8.61. The van der Waals surface area contributed by atoms with Gasteiger partial charge in [-0.1, -0.05) is 33.8 Å². The second-order valence-electron chi connectivity index (χ2n) is 7.13. The van der Waals surface area contributed by atoms with Crippen molar-refractivity contribution in [2.24, 2.45) is 0 Å². The minimum atomic E-state index is -0.333. The molecule has 3 nitrogen and oxygen atoms in total. The van der Waals surface area contributed by atoms with E-state index in [4.69, 9.17) is 4.42 Å². The molecule has 0 aliphatic heterocycles. The minimum absolute atomic E-state index is 0.0479. The standard InChI is InChI=1S/C19H21FN2O/c1-12(17-10-16(20)11-23-17)7-14-9-15(19(2,3)4)8-13-5-6-21-22-18(13)14/h5-6,8-12H,7H2,1-4H3. The maximum Gasteiger partial charge on any atom is 0.161 e. The van der Waals surface area contributed by atoms with Crippen LogP contribution < -0.4 is 0 Å². The van der Waals surface area contributed by atoms with E-state index in [1.165, 1.54) is 11.6 Å². The van der Waals surface area contributed by atoms with Crippen LogP contribution in [0.4, 0.5) is 4.39 Å². The first kappa shape index (κ1) is 15.7. The third kappa shape index (κ3) is 3.26. The van der Waals surface area contributed by atoms with E-state index in [0.717, 1.165) is 29.2 Å². The van der Waals surface area contributed by atoms with Gasteiger partial charge in [-0.15, -0.1) is 0 Å². The van der Waals surface area contributed by atoms with Gasteiger partial charge >= 0.3 is 0 Å². The third-order valence-electron chi connectivity index (χ3n) is 4.16. The van der Waals surface area contributed by atoms with Crippen molar-refractivity contribution in [3.05, 3.63) is 59.4 Å². The summed E-state index contributed by atoms with van der Waals surface area (Å²) < 4.78 is 18.5. The van der Waals surface area contributed by atoms with E-state index in [2.05, 4.69) is 43.1 Å². The van der Waals surface area contributed by atoms with Crippen molar-refractivity contribution in [2.75, 3.05) is 0 Å². The molecule has 4 heteroatoms. The number of benzene rings is 1. The maximum atomic E-state index is 13.2. The molecule has 2 heterocycles. The predicted octanol–water partition coefficient (Wildman–Crippen LogP) is 5.01. The number of nitrogens with zero attached hydrogens (tertiary/aromatic N) is 2. The molecule has 0 bridgehead atoms. The molecular formula is C19H21FN2O. The van der Waals surface area contributed by atoms with Gasteiger partial charge < -0.3 is 4.42 Å². The van der Waals surface area contributed by atoms with E-state index in [-0.39, 0.29) is 17.2 Å². The molecule has 3 aromatic rings. The van der Waals surface area contributed by atoms with Gasteiger partial charge in [0.1, 0.15) is 12.0 Å². The lowest BCUT2D eigenvalue weighted by Gasteiger charge is -2.21. The molecule has 0 amide bonds. The van der Waals surface area contributed by atoms with Gasteiger partial charge in [-0.2, -0.15) is 10.2 Å². The Labute approximate surface area is 135 Å². The largest absolute Gasteiger partial charge is 0.466 e. The van der Waals surface area contributed by atoms with Crippen LogP contribution in [0.15, 0.2) is 41.1 Å². The highest BCUT2D eigenvalue weighted by Gasteiger charge is 2.19. The Morgan fingerprint density at radius 3 is 2.65 bits per heavy atom. The Balaban J connectivity index is 2.04. The molecule has 0 radical (unpaired) electrons. The lowest BCUT2D eigenvalue weighted by molar-refractivity contribution is 0.464. The fraction of sp³-hybridized carbons (Fsp3) is 0.368. The Hall–Kier alpha value is -2.23. The van der Waals surface area contributed by atoms with Gasteiger partial charge in [0.25, 0.3) is 0 Å². The van der Waals surface area contributed by atoms with Gasteiger partial charge in [0.05, 0.1) is 11.7 Å². The van der Waals surface area contributed by atoms with Crippen LogP contribution in [-0.4, -0.2) is 10.2 Å². The summed E-state index contributed by atoms with van der Waals surface area (Å²) in [4.78, 5) is 0. The molecule has 120 valence electrons. The van der Waals surface area contributed by atoms with Crippen LogP contribution >= 0.6 is 0 Å². The summed E-state index contributed by atoms with van der Waals surface area (Å²) in [5.41, 5.74) is 3.32. The zero-order valence-electron chi connectivity index (χ0n) is 13.9. The lowest BCUT2D eigenvalue weighted by Crippen LogP contribution is -2.12. The van der Waals surface area contributed by atoms with E-state index in [1.54, 1.807) is 6.20 Å². The molecule has 0 aliphatic carbocycles. The van der Waals surface area contributed by atoms with Crippen molar-refractivity contribution in [1.29, 1.82) is 0 Å². The van der Waals surface area contributed by atoms with Crippen LogP contribution in [0.2, 0.25) is 0 Å². The third-order valence-corrected chi connectivity index (χ3v) is 4.16. The second-order valence-corrected chi connectivity index (χ2v) is 7.13. The average molecular weight is 312 g/mol. The topological polar surface area (TPSA) is 38.9 Å². The molecule has 23 heavy (non-hydrogen) atoms. The molecule has 1 atom stereocenters. The molecule has 0 saturated carbocycles. The van der Waals surface area contributed by atoms with Crippen molar-refractivity contribution in [2.45, 2.75) is 45.4 Å². The summed E-state index contributed by atoms with van der Waals surface area (Å²) >= 11 is 0. The Bertz CT molecular complexity index is 833. The quantitative estimate of drug-likeness (QED) is 0.682. The molecule has 0 saturated heterocycles. The average Bonchev–Trinajstić information content (AvgIpc) is 2.93. The summed E-state index contributed by atoms with van der Waals surface area (Å²) in [5.74, 6) is 0.389. The zero-order chi connectivity index (χ0) is 16.6. The maximum absolute atomic E-state index is 13.2. The van der Waals surface area contributed by atoms with Gasteiger partial charge in [-0.25, -0.2) is 4.39 Å². The van der Waals surface area contributed by atoms with Gasteiger partial charge in [0.15, 0.2) is 5.82 Å². The number of aromatic nitrogens is 2. The molecule has 0 N–H and O–H groups in total. The number of furan rings is 1. The van der Waals surface area contributed by atoms with Crippen LogP contribution in [0.3, 0.4) is 0 Å². The van der Waals surface area contributed by atoms with Gasteiger partial charge in [0, 0.05) is 17.4 Å². The first-order chi connectivity index (χ1) is 10.8. The van der Waals surface area contributed by atoms with E-state index in [0.29, 0.717) is 5.76 Å². The smallest absolute Gasteiger partial charge is 0.161 e. The van der Waals surface area contributed by atoms with E-state index >= 15 is 0 Å². The van der Waals surface area contributed by atoms with Crippen molar-refractivity contribution in [3.8, 4) is 0 Å². The highest BCUT2D eigenvalue weighted by atomic mass is 19.1. The van der Waals surface area contributed by atoms with Crippen molar-refractivity contribution >= 4 is 10.9 Å². The Morgan fingerprint density at radius 2 is 2.00 bits per heavy atom. The van der Waals surface area contributed by atoms with E-state index in [1.807, 2.05) is 13.0 Å². The van der Waals surface area contributed by atoms with E-state index < -0.39 is 0 Å². The van der Waals surface area contributed by atoms with Crippen LogP contribution in [-0.2, 0) is 11.8 Å². The van der Waals surface area contributed by atoms with Crippen LogP contribution in [0.5, 0.6) is 0 Å². The molecule has 3 rings (SSSR count). The first-order valence-electron chi connectivity index (χ1n) is 7.83. The Kier molecular flexibility index (Phi) is 3.92. The highest BCUT2D eigenvalue weighted by Crippen LogP contribution is 2.31. The SMILES string of the molecule is CC(Cc1cc(C(C)(C)C)cc2ccnnc12)c1cc(F)co1. The molecule has 1 aromatic carbocycles. The molecule has 1 unspecified atom stereocenters. The zero-order valence-corrected chi connectivity index (χ0v) is 13.9. The van der Waals surface area contributed by atoms with Gasteiger partial charge in [-0.3, -0.25) is 0 Å². The molecular weight excluding hydrogens is 291 g/mol. The highest BCUT2D eigenvalue weighted by molar-refractivity contribution is 5.82. The Morgan fingerprint density at radius 1 is 1.22 bits per heavy atom. The number of hydrogen-bond acceptors (Lipinski definition) is 3. The summed E-state index contributed by atoms with van der Waals surface area (Å²) in [6, 6.07) is 7.79.